The average Bonchev–Trinajstić information content (AvgIpc) is 3.51. The van der Waals surface area contributed by atoms with Crippen LogP contribution in [0.15, 0.2) is 12.2 Å². The highest BCUT2D eigenvalue weighted by atomic mass is 31.2. The normalized spacial score (nSPS) is 19.2. The summed E-state index contributed by atoms with van der Waals surface area (Å²) in [5, 5.41) is 39.2. The van der Waals surface area contributed by atoms with Gasteiger partial charge in [0.2, 0.25) is 0 Å². The van der Waals surface area contributed by atoms with E-state index in [0.29, 0.717) is 32.1 Å². The van der Waals surface area contributed by atoms with E-state index in [-0.39, 0.29) is 31.0 Å². The number of carbonyl (C=O) groups excluding carboxylic acids is 3. The van der Waals surface area contributed by atoms with E-state index in [1.807, 2.05) is 0 Å². The number of unbranched alkanes of at least 4 members (excludes halogenated alkanes) is 20. The van der Waals surface area contributed by atoms with Crippen LogP contribution in [0.25, 0.3) is 0 Å². The third-order valence-electron chi connectivity index (χ3n) is 11.8. The molecule has 5 N–H and O–H groups in total. The predicted octanol–water partition coefficient (Wildman–Crippen LogP) is 10.0. The molecule has 14 heteroatoms. The summed E-state index contributed by atoms with van der Waals surface area (Å²) in [6.45, 7) is 4.38. The summed E-state index contributed by atoms with van der Waals surface area (Å²) in [5.74, 6) is -0.860. The summed E-state index contributed by atoms with van der Waals surface area (Å²) < 4.78 is 32.8. The number of rotatable bonds is 42. The van der Waals surface area contributed by atoms with Crippen molar-refractivity contribution in [2.24, 2.45) is 17.8 Å². The number of hydrogen-bond acceptors (Lipinski definition) is 12. The fourth-order valence-corrected chi connectivity index (χ4v) is 8.70. The Kier molecular flexibility index (Phi) is 35.3. The van der Waals surface area contributed by atoms with Gasteiger partial charge in [0.05, 0.1) is 32.0 Å². The van der Waals surface area contributed by atoms with Crippen LogP contribution >= 0.6 is 7.82 Å². The molecule has 13 nitrogen and oxygen atoms in total. The molecule has 62 heavy (non-hydrogen) atoms. The van der Waals surface area contributed by atoms with Crippen molar-refractivity contribution in [2.45, 2.75) is 231 Å². The third kappa shape index (κ3) is 32.0. The number of ether oxygens (including phenoxy) is 2. The predicted molar refractivity (Wildman–Crippen MR) is 243 cm³/mol. The van der Waals surface area contributed by atoms with Crippen molar-refractivity contribution >= 4 is 25.5 Å². The van der Waals surface area contributed by atoms with Gasteiger partial charge in [0.15, 0.2) is 6.10 Å². The van der Waals surface area contributed by atoms with Gasteiger partial charge in [-0.05, 0) is 37.5 Å². The van der Waals surface area contributed by atoms with E-state index in [0.717, 1.165) is 57.3 Å². The molecule has 0 spiro atoms. The molecule has 0 aromatic carbocycles. The molecular weight excluding hydrogens is 815 g/mol. The number of Topliss-reactive ketones (excluding diaryl/α,β-unsaturated/α-hetero) is 1. The molecule has 0 amide bonds. The van der Waals surface area contributed by atoms with Gasteiger partial charge < -0.3 is 34.8 Å². The molecule has 1 unspecified atom stereocenters. The van der Waals surface area contributed by atoms with Gasteiger partial charge >= 0.3 is 19.8 Å². The lowest BCUT2D eigenvalue weighted by atomic mass is 9.88. The Morgan fingerprint density at radius 3 is 1.76 bits per heavy atom. The lowest BCUT2D eigenvalue weighted by Crippen LogP contribution is -2.29. The van der Waals surface area contributed by atoms with Gasteiger partial charge in [-0.3, -0.25) is 23.4 Å². The molecule has 364 valence electrons. The highest BCUT2D eigenvalue weighted by Gasteiger charge is 2.39. The molecule has 7 atom stereocenters. The van der Waals surface area contributed by atoms with E-state index >= 15 is 0 Å². The summed E-state index contributed by atoms with van der Waals surface area (Å²) in [6.07, 6.45) is 27.9. The Morgan fingerprint density at radius 2 is 1.21 bits per heavy atom. The molecule has 0 radical (unpaired) electrons. The first-order chi connectivity index (χ1) is 29.8. The number of phosphoric ester groups is 1. The molecular formula is C48H89O13P. The van der Waals surface area contributed by atoms with Gasteiger partial charge in [-0.1, -0.05) is 174 Å². The van der Waals surface area contributed by atoms with Crippen LogP contribution in [0.1, 0.15) is 207 Å². The van der Waals surface area contributed by atoms with Crippen molar-refractivity contribution in [3.63, 3.8) is 0 Å². The first-order valence-corrected chi connectivity index (χ1v) is 26.1. The van der Waals surface area contributed by atoms with Crippen molar-refractivity contribution in [1.82, 2.24) is 0 Å². The molecule has 0 aromatic rings. The van der Waals surface area contributed by atoms with Crippen LogP contribution in [-0.4, -0.2) is 93.9 Å². The Hall–Kier alpha value is -1.70. The maximum absolute atomic E-state index is 12.7. The van der Waals surface area contributed by atoms with Crippen LogP contribution < -0.4 is 0 Å². The first-order valence-electron chi connectivity index (χ1n) is 24.6. The lowest BCUT2D eigenvalue weighted by Gasteiger charge is -2.20. The molecule has 0 aliphatic heterocycles. The van der Waals surface area contributed by atoms with Gasteiger partial charge in [-0.15, -0.1) is 0 Å². The number of carbonyl (C=O) groups is 3. The van der Waals surface area contributed by atoms with Gasteiger partial charge in [0.1, 0.15) is 18.5 Å². The lowest BCUT2D eigenvalue weighted by molar-refractivity contribution is -0.161. The van der Waals surface area contributed by atoms with Gasteiger partial charge in [-0.25, -0.2) is 4.57 Å². The fourth-order valence-electron chi connectivity index (χ4n) is 7.91. The van der Waals surface area contributed by atoms with E-state index in [9.17, 15) is 39.2 Å². The summed E-state index contributed by atoms with van der Waals surface area (Å²) in [7, 11) is -4.68. The number of aliphatic hydroxyl groups is 4. The zero-order chi connectivity index (χ0) is 45.9. The molecule has 0 saturated heterocycles. The van der Waals surface area contributed by atoms with Crippen LogP contribution in [0.4, 0.5) is 0 Å². The molecule has 1 aliphatic carbocycles. The zero-order valence-electron chi connectivity index (χ0n) is 39.0. The van der Waals surface area contributed by atoms with Gasteiger partial charge in [0, 0.05) is 25.2 Å². The minimum Gasteiger partial charge on any atom is -0.462 e. The molecule has 1 rings (SSSR count). The van der Waals surface area contributed by atoms with Crippen LogP contribution in [-0.2, 0) is 37.5 Å². The summed E-state index contributed by atoms with van der Waals surface area (Å²) in [5.41, 5.74) is 0. The van der Waals surface area contributed by atoms with E-state index < -0.39 is 76.5 Å². The Bertz CT molecular complexity index is 1210. The SMILES string of the molecule is CCCCC[C@H](O)/C=C/[C@H]1C(=O)C[C@H](O)[C@@H]1CCCCCCC(=O)OC[C@H](COP(=O)(O)OC[C@@H](O)CO)OC(=O)CCCCCCCCCCCCCCCCCCC(C)C. The standard InChI is InChI=1S/C48H89O13P/c1-4-5-22-28-40(50)32-33-44-43(45(52)34-46(44)53)29-24-20-21-25-30-47(54)58-37-42(38-60-62(56,57)59-36-41(51)35-49)61-48(55)31-26-19-17-15-13-11-9-7-6-8-10-12-14-16-18-23-27-39(2)3/h32-33,39-45,49-52H,4-31,34-38H2,1-3H3,(H,56,57)/b33-32+/t40-,41-,42+,43+,44+,45-/m0/s1. The summed E-state index contributed by atoms with van der Waals surface area (Å²) in [6, 6.07) is 0. The van der Waals surface area contributed by atoms with Crippen molar-refractivity contribution in [1.29, 1.82) is 0 Å². The maximum atomic E-state index is 12.7. The van der Waals surface area contributed by atoms with Crippen LogP contribution in [0.2, 0.25) is 0 Å². The third-order valence-corrected chi connectivity index (χ3v) is 12.7. The quantitative estimate of drug-likeness (QED) is 0.0168. The second-order valence-corrected chi connectivity index (χ2v) is 19.6. The Labute approximate surface area is 375 Å². The summed E-state index contributed by atoms with van der Waals surface area (Å²) >= 11 is 0. The van der Waals surface area contributed by atoms with E-state index in [2.05, 4.69) is 20.8 Å². The molecule has 1 saturated carbocycles. The smallest absolute Gasteiger partial charge is 0.462 e. The molecule has 0 aromatic heterocycles. The van der Waals surface area contributed by atoms with Gasteiger partial charge in [0.25, 0.3) is 0 Å². The van der Waals surface area contributed by atoms with Crippen LogP contribution in [0.3, 0.4) is 0 Å². The van der Waals surface area contributed by atoms with Crippen LogP contribution in [0.5, 0.6) is 0 Å². The van der Waals surface area contributed by atoms with E-state index in [4.69, 9.17) is 23.6 Å². The number of phosphoric acid groups is 1. The monoisotopic (exact) mass is 905 g/mol. The van der Waals surface area contributed by atoms with Crippen molar-refractivity contribution in [3.8, 4) is 0 Å². The number of esters is 2. The molecule has 1 aliphatic rings. The largest absolute Gasteiger partial charge is 0.472 e. The molecule has 0 bridgehead atoms. The topological polar surface area (TPSA) is 206 Å². The average molecular weight is 905 g/mol. The fraction of sp³-hybridized carbons (Fsp3) is 0.896. The highest BCUT2D eigenvalue weighted by Crippen LogP contribution is 2.43. The van der Waals surface area contributed by atoms with Crippen molar-refractivity contribution in [3.05, 3.63) is 12.2 Å². The molecule has 1 fully saturated rings. The number of ketones is 1. The first kappa shape index (κ1) is 58.3. The number of allylic oxidation sites excluding steroid dienone is 1. The van der Waals surface area contributed by atoms with E-state index in [1.165, 1.54) is 83.5 Å². The van der Waals surface area contributed by atoms with Crippen molar-refractivity contribution < 1.29 is 62.8 Å². The summed E-state index contributed by atoms with van der Waals surface area (Å²) in [4.78, 5) is 47.9. The minimum absolute atomic E-state index is 0.00750. The second-order valence-electron chi connectivity index (χ2n) is 18.1. The number of aliphatic hydroxyl groups excluding tert-OH is 4. The van der Waals surface area contributed by atoms with Crippen molar-refractivity contribution in [2.75, 3.05) is 26.4 Å². The second kappa shape index (κ2) is 37.5. The minimum atomic E-state index is -4.68. The highest BCUT2D eigenvalue weighted by molar-refractivity contribution is 7.47. The molecule has 0 heterocycles. The zero-order valence-corrected chi connectivity index (χ0v) is 39.9. The van der Waals surface area contributed by atoms with E-state index in [1.54, 1.807) is 12.2 Å². The maximum Gasteiger partial charge on any atom is 0.472 e. The van der Waals surface area contributed by atoms with Gasteiger partial charge in [-0.2, -0.15) is 0 Å². The number of hydrogen-bond donors (Lipinski definition) is 5. The van der Waals surface area contributed by atoms with Crippen LogP contribution in [0, 0.1) is 17.8 Å². The Morgan fingerprint density at radius 1 is 0.710 bits per heavy atom. The Balaban J connectivity index is 2.36.